The molecule has 0 N–H and O–H groups in total. The van der Waals surface area contributed by atoms with Crippen molar-refractivity contribution in [3.05, 3.63) is 69.8 Å². The molecule has 0 aliphatic heterocycles. The highest BCUT2D eigenvalue weighted by molar-refractivity contribution is 6.28. The first kappa shape index (κ1) is 20.4. The molecule has 8 heteroatoms. The zero-order valence-corrected chi connectivity index (χ0v) is 15.4. The average molecular weight is 379 g/mol. The van der Waals surface area contributed by atoms with Crippen LogP contribution in [-0.4, -0.2) is 34.6 Å². The third-order valence-corrected chi connectivity index (χ3v) is 3.67. The molecule has 0 fully saturated rings. The van der Waals surface area contributed by atoms with Crippen LogP contribution >= 0.6 is 0 Å². The van der Waals surface area contributed by atoms with Gasteiger partial charge in [0.15, 0.2) is 5.78 Å². The van der Waals surface area contributed by atoms with E-state index < -0.39 is 17.5 Å². The molecule has 1 heterocycles. The zero-order chi connectivity index (χ0) is 20.4. The van der Waals surface area contributed by atoms with Crippen LogP contribution in [0, 0.1) is 0 Å². The number of ketones is 1. The lowest BCUT2D eigenvalue weighted by atomic mass is 9.99. The molecule has 1 aromatic heterocycles. The highest BCUT2D eigenvalue weighted by Crippen LogP contribution is 2.30. The summed E-state index contributed by atoms with van der Waals surface area (Å²) in [7, 11) is 3.36. The average Bonchev–Trinajstić information content (AvgIpc) is 2.58. The van der Waals surface area contributed by atoms with Gasteiger partial charge in [0.25, 0.3) is 5.56 Å². The molecule has 0 unspecified atom stereocenters. The topological polar surface area (TPSA) is 55.2 Å². The van der Waals surface area contributed by atoms with Gasteiger partial charge in [0.05, 0.1) is 22.9 Å². The number of benzene rings is 1. The van der Waals surface area contributed by atoms with E-state index in [4.69, 9.17) is 0 Å². The van der Waals surface area contributed by atoms with E-state index in [0.717, 1.165) is 12.1 Å². The van der Waals surface area contributed by atoms with Crippen LogP contribution in [-0.2, 0) is 6.18 Å². The monoisotopic (exact) mass is 379 g/mol. The lowest BCUT2D eigenvalue weighted by Gasteiger charge is -2.15. The highest BCUT2D eigenvalue weighted by Gasteiger charge is 2.31. The summed E-state index contributed by atoms with van der Waals surface area (Å²) in [5, 5.41) is 4.21. The number of aromatic nitrogens is 2. The van der Waals surface area contributed by atoms with E-state index in [2.05, 4.69) is 5.10 Å². The van der Waals surface area contributed by atoms with Crippen molar-refractivity contribution in [2.75, 3.05) is 14.1 Å². The maximum atomic E-state index is 13.0. The Balaban J connectivity index is 2.58. The van der Waals surface area contributed by atoms with Crippen LogP contribution in [0.25, 0.3) is 5.57 Å². The Kier molecular flexibility index (Phi) is 5.88. The number of Topliss-reactive ketones (excluding diaryl/α,β-unsaturated/α-hetero) is 1. The summed E-state index contributed by atoms with van der Waals surface area (Å²) in [5.41, 5.74) is -1.04. The van der Waals surface area contributed by atoms with Crippen LogP contribution < -0.4 is 5.56 Å². The molecule has 0 amide bonds. The Hall–Kier alpha value is -2.90. The van der Waals surface area contributed by atoms with Gasteiger partial charge in [-0.05, 0) is 32.0 Å². The van der Waals surface area contributed by atoms with Gasteiger partial charge in [-0.2, -0.15) is 18.3 Å². The minimum absolute atomic E-state index is 0.0914. The molecular weight excluding hydrogens is 359 g/mol. The van der Waals surface area contributed by atoms with Gasteiger partial charge in [-0.25, -0.2) is 4.68 Å². The summed E-state index contributed by atoms with van der Waals surface area (Å²) in [5.74, 6) is -0.615. The molecule has 0 radical (unpaired) electrons. The van der Waals surface area contributed by atoms with E-state index in [0.29, 0.717) is 0 Å². The number of carbonyl (C=O) groups is 1. The van der Waals surface area contributed by atoms with Crippen molar-refractivity contribution in [2.45, 2.75) is 26.1 Å². The Morgan fingerprint density at radius 3 is 2.41 bits per heavy atom. The number of halogens is 3. The molecule has 0 saturated carbocycles. The summed E-state index contributed by atoms with van der Waals surface area (Å²) < 4.78 is 40.1. The Morgan fingerprint density at radius 2 is 1.85 bits per heavy atom. The van der Waals surface area contributed by atoms with Gasteiger partial charge in [-0.15, -0.1) is 0 Å². The first-order valence-corrected chi connectivity index (χ1v) is 8.21. The Morgan fingerprint density at radius 1 is 1.19 bits per heavy atom. The van der Waals surface area contributed by atoms with Crippen molar-refractivity contribution in [1.29, 1.82) is 0 Å². The number of carbonyl (C=O) groups excluding carboxylic acids is 1. The molecule has 27 heavy (non-hydrogen) atoms. The second-order valence-electron chi connectivity index (χ2n) is 6.51. The van der Waals surface area contributed by atoms with Crippen molar-refractivity contribution in [3.8, 4) is 0 Å². The predicted octanol–water partition coefficient (Wildman–Crippen LogP) is 3.63. The van der Waals surface area contributed by atoms with Crippen molar-refractivity contribution in [2.24, 2.45) is 0 Å². The number of hydrogen-bond acceptors (Lipinski definition) is 4. The summed E-state index contributed by atoms with van der Waals surface area (Å²) in [4.78, 5) is 26.4. The molecule has 2 rings (SSSR count). The van der Waals surface area contributed by atoms with E-state index in [1.807, 2.05) is 0 Å². The van der Waals surface area contributed by atoms with Gasteiger partial charge in [0, 0.05) is 31.9 Å². The van der Waals surface area contributed by atoms with Crippen LogP contribution in [0.3, 0.4) is 0 Å². The standard InChI is InChI=1S/C19H20F3N3O2/c1-12(2)25-17(26)9-8-16(23-25)15(11-24(3)4)18(27)13-6-5-7-14(10-13)19(20,21)22/h5-12H,1-4H3. The second kappa shape index (κ2) is 7.77. The van der Waals surface area contributed by atoms with Crippen LogP contribution in [0.15, 0.2) is 47.4 Å². The molecule has 0 atom stereocenters. The van der Waals surface area contributed by atoms with E-state index in [-0.39, 0.29) is 28.4 Å². The van der Waals surface area contributed by atoms with Crippen LogP contribution in [0.5, 0.6) is 0 Å². The van der Waals surface area contributed by atoms with Crippen molar-refractivity contribution >= 4 is 11.4 Å². The van der Waals surface area contributed by atoms with Crippen molar-refractivity contribution in [1.82, 2.24) is 14.7 Å². The summed E-state index contributed by atoms with van der Waals surface area (Å²) in [6.07, 6.45) is -3.08. The van der Waals surface area contributed by atoms with Gasteiger partial charge < -0.3 is 4.90 Å². The molecule has 0 saturated heterocycles. The molecular formula is C19H20F3N3O2. The molecule has 0 spiro atoms. The zero-order valence-electron chi connectivity index (χ0n) is 15.4. The first-order valence-electron chi connectivity index (χ1n) is 8.21. The number of hydrogen-bond donors (Lipinski definition) is 0. The number of alkyl halides is 3. The Bertz CT molecular complexity index is 928. The predicted molar refractivity (Wildman–Crippen MR) is 96.3 cm³/mol. The fourth-order valence-electron chi connectivity index (χ4n) is 2.43. The summed E-state index contributed by atoms with van der Waals surface area (Å²) in [6.45, 7) is 3.53. The van der Waals surface area contributed by atoms with E-state index in [1.54, 1.807) is 32.8 Å². The largest absolute Gasteiger partial charge is 0.416 e. The van der Waals surface area contributed by atoms with Gasteiger partial charge in [-0.3, -0.25) is 9.59 Å². The van der Waals surface area contributed by atoms with Crippen LogP contribution in [0.1, 0.15) is 41.5 Å². The third kappa shape index (κ3) is 4.84. The summed E-state index contributed by atoms with van der Waals surface area (Å²) in [6, 6.07) is 6.66. The van der Waals surface area contributed by atoms with Crippen molar-refractivity contribution in [3.63, 3.8) is 0 Å². The molecule has 0 aliphatic rings. The first-order chi connectivity index (χ1) is 12.5. The lowest BCUT2D eigenvalue weighted by Crippen LogP contribution is -2.25. The number of rotatable bonds is 5. The quantitative estimate of drug-likeness (QED) is 0.588. The van der Waals surface area contributed by atoms with Crippen LogP contribution in [0.2, 0.25) is 0 Å². The fourth-order valence-corrected chi connectivity index (χ4v) is 2.43. The van der Waals surface area contributed by atoms with Gasteiger partial charge >= 0.3 is 6.18 Å². The molecule has 1 aromatic carbocycles. The number of nitrogens with zero attached hydrogens (tertiary/aromatic N) is 3. The van der Waals surface area contributed by atoms with E-state index >= 15 is 0 Å². The smallest absolute Gasteiger partial charge is 0.383 e. The molecule has 0 aliphatic carbocycles. The molecule has 2 aromatic rings. The normalized spacial score (nSPS) is 12.4. The maximum absolute atomic E-state index is 13.0. The minimum atomic E-state index is -4.55. The SMILES string of the molecule is CC(C)n1nc(C(=CN(C)C)C(=O)c2cccc(C(F)(F)F)c2)ccc1=O. The molecule has 0 bridgehead atoms. The number of allylic oxidation sites excluding steroid dienone is 1. The van der Waals surface area contributed by atoms with Gasteiger partial charge in [0.2, 0.25) is 0 Å². The Labute approximate surface area is 154 Å². The molecule has 5 nitrogen and oxygen atoms in total. The second-order valence-corrected chi connectivity index (χ2v) is 6.51. The minimum Gasteiger partial charge on any atom is -0.383 e. The molecule has 144 valence electrons. The maximum Gasteiger partial charge on any atom is 0.416 e. The lowest BCUT2D eigenvalue weighted by molar-refractivity contribution is -0.137. The van der Waals surface area contributed by atoms with E-state index in [9.17, 15) is 22.8 Å². The summed E-state index contributed by atoms with van der Waals surface area (Å²) >= 11 is 0. The highest BCUT2D eigenvalue weighted by atomic mass is 19.4. The van der Waals surface area contributed by atoms with Gasteiger partial charge in [0.1, 0.15) is 0 Å². The third-order valence-electron chi connectivity index (χ3n) is 3.67. The van der Waals surface area contributed by atoms with Gasteiger partial charge in [-0.1, -0.05) is 12.1 Å². The van der Waals surface area contributed by atoms with Crippen LogP contribution in [0.4, 0.5) is 13.2 Å². The fraction of sp³-hybridized carbons (Fsp3) is 0.316. The van der Waals surface area contributed by atoms with Crippen molar-refractivity contribution < 1.29 is 18.0 Å². The van der Waals surface area contributed by atoms with E-state index in [1.165, 1.54) is 35.1 Å².